The van der Waals surface area contributed by atoms with Crippen LogP contribution in [0.25, 0.3) is 0 Å². The highest BCUT2D eigenvalue weighted by Crippen LogP contribution is 2.26. The molecule has 15 heavy (non-hydrogen) atoms. The van der Waals surface area contributed by atoms with E-state index in [0.29, 0.717) is 6.04 Å². The number of ether oxygens (including phenoxy) is 1. The zero-order valence-corrected chi connectivity index (χ0v) is 9.87. The summed E-state index contributed by atoms with van der Waals surface area (Å²) in [5, 5.41) is 7.78. The number of rotatable bonds is 1. The maximum atomic E-state index is 5.64. The van der Waals surface area contributed by atoms with E-state index in [0.717, 1.165) is 24.7 Å². The topological polar surface area (TPSA) is 39.1 Å². The number of fused-ring (bicyclic) bond motifs is 1. The van der Waals surface area contributed by atoms with Gasteiger partial charge in [-0.25, -0.2) is 4.68 Å². The molecular formula is C11H19N3O. The zero-order valence-electron chi connectivity index (χ0n) is 9.87. The van der Waals surface area contributed by atoms with Crippen LogP contribution in [-0.2, 0) is 12.0 Å². The molecule has 1 aromatic rings. The molecule has 0 amide bonds. The first-order valence-electron chi connectivity index (χ1n) is 5.39. The predicted molar refractivity (Wildman–Crippen MR) is 59.3 cm³/mol. The van der Waals surface area contributed by atoms with Gasteiger partial charge in [-0.05, 0) is 7.05 Å². The molecule has 0 saturated carbocycles. The van der Waals surface area contributed by atoms with Crippen molar-refractivity contribution in [3.05, 3.63) is 11.8 Å². The number of aromatic nitrogens is 2. The lowest BCUT2D eigenvalue weighted by molar-refractivity contribution is 0.189. The van der Waals surface area contributed by atoms with Crippen LogP contribution in [0.2, 0.25) is 0 Å². The van der Waals surface area contributed by atoms with Crippen molar-refractivity contribution in [2.45, 2.75) is 38.8 Å². The van der Waals surface area contributed by atoms with Gasteiger partial charge < -0.3 is 10.1 Å². The molecule has 4 heteroatoms. The van der Waals surface area contributed by atoms with Crippen molar-refractivity contribution in [1.29, 1.82) is 0 Å². The van der Waals surface area contributed by atoms with Crippen LogP contribution < -0.4 is 10.1 Å². The molecule has 0 saturated heterocycles. The highest BCUT2D eigenvalue weighted by Gasteiger charge is 2.24. The maximum absolute atomic E-state index is 5.64. The lowest BCUT2D eigenvalue weighted by Crippen LogP contribution is -2.39. The van der Waals surface area contributed by atoms with Crippen molar-refractivity contribution < 1.29 is 4.74 Å². The van der Waals surface area contributed by atoms with E-state index >= 15 is 0 Å². The summed E-state index contributed by atoms with van der Waals surface area (Å²) in [5.41, 5.74) is 1.18. The number of hydrogen-bond acceptors (Lipinski definition) is 3. The largest absolute Gasteiger partial charge is 0.476 e. The Balaban J connectivity index is 2.26. The third kappa shape index (κ3) is 2.00. The first-order chi connectivity index (χ1) is 7.00. The molecule has 1 N–H and O–H groups in total. The van der Waals surface area contributed by atoms with E-state index in [9.17, 15) is 0 Å². The molecule has 0 aliphatic carbocycles. The van der Waals surface area contributed by atoms with Gasteiger partial charge in [-0.15, -0.1) is 0 Å². The minimum atomic E-state index is 0.0862. The Bertz CT molecular complexity index is 351. The molecule has 1 aromatic heterocycles. The fraction of sp³-hybridized carbons (Fsp3) is 0.727. The molecule has 0 spiro atoms. The molecule has 1 aliphatic heterocycles. The average molecular weight is 209 g/mol. The molecule has 84 valence electrons. The van der Waals surface area contributed by atoms with Crippen LogP contribution in [0.1, 0.15) is 26.5 Å². The first kappa shape index (κ1) is 10.5. The Kier molecular flexibility index (Phi) is 2.46. The average Bonchev–Trinajstić information content (AvgIpc) is 2.59. The lowest BCUT2D eigenvalue weighted by atomic mass is 9.93. The summed E-state index contributed by atoms with van der Waals surface area (Å²) in [4.78, 5) is 0. The van der Waals surface area contributed by atoms with Crippen LogP contribution in [0.5, 0.6) is 5.88 Å². The molecule has 0 bridgehead atoms. The van der Waals surface area contributed by atoms with Crippen LogP contribution in [0.3, 0.4) is 0 Å². The van der Waals surface area contributed by atoms with Gasteiger partial charge in [0.1, 0.15) is 6.61 Å². The summed E-state index contributed by atoms with van der Waals surface area (Å²) in [6.07, 6.45) is 0. The molecule has 1 aliphatic rings. The number of nitrogens with zero attached hydrogens (tertiary/aromatic N) is 2. The summed E-state index contributed by atoms with van der Waals surface area (Å²) < 4.78 is 7.59. The van der Waals surface area contributed by atoms with Gasteiger partial charge in [0.25, 0.3) is 0 Å². The van der Waals surface area contributed by atoms with E-state index in [1.807, 2.05) is 17.8 Å². The Morgan fingerprint density at radius 1 is 1.53 bits per heavy atom. The molecule has 0 aromatic carbocycles. The Labute approximate surface area is 90.6 Å². The fourth-order valence-electron chi connectivity index (χ4n) is 1.64. The Morgan fingerprint density at radius 3 is 2.87 bits per heavy atom. The molecule has 2 heterocycles. The van der Waals surface area contributed by atoms with E-state index in [-0.39, 0.29) is 5.41 Å². The molecular weight excluding hydrogens is 190 g/mol. The molecule has 2 rings (SSSR count). The van der Waals surface area contributed by atoms with E-state index < -0.39 is 0 Å². The first-order valence-corrected chi connectivity index (χ1v) is 5.39. The van der Waals surface area contributed by atoms with Crippen molar-refractivity contribution in [3.8, 4) is 5.88 Å². The van der Waals surface area contributed by atoms with Crippen LogP contribution >= 0.6 is 0 Å². The monoisotopic (exact) mass is 209 g/mol. The Morgan fingerprint density at radius 2 is 2.27 bits per heavy atom. The predicted octanol–water partition coefficient (Wildman–Crippen LogP) is 1.16. The normalized spacial score (nSPS) is 20.9. The highest BCUT2D eigenvalue weighted by atomic mass is 16.5. The van der Waals surface area contributed by atoms with E-state index in [1.54, 1.807) is 0 Å². The number of hydrogen-bond donors (Lipinski definition) is 1. The highest BCUT2D eigenvalue weighted by molar-refractivity contribution is 5.23. The molecule has 1 atom stereocenters. The second-order valence-corrected chi connectivity index (χ2v) is 5.10. The van der Waals surface area contributed by atoms with Crippen LogP contribution in [-0.4, -0.2) is 29.5 Å². The van der Waals surface area contributed by atoms with E-state index in [1.165, 1.54) is 0 Å². The van der Waals surface area contributed by atoms with Gasteiger partial charge in [0.05, 0.1) is 18.3 Å². The summed E-state index contributed by atoms with van der Waals surface area (Å²) in [5.74, 6) is 0.895. The second kappa shape index (κ2) is 3.52. The fourth-order valence-corrected chi connectivity index (χ4v) is 1.64. The quantitative estimate of drug-likeness (QED) is 0.754. The summed E-state index contributed by atoms with van der Waals surface area (Å²) in [6, 6.07) is 2.41. The summed E-state index contributed by atoms with van der Waals surface area (Å²) in [7, 11) is 1.95. The van der Waals surface area contributed by atoms with Gasteiger partial charge in [0.15, 0.2) is 0 Å². The van der Waals surface area contributed by atoms with Gasteiger partial charge in [-0.3, -0.25) is 0 Å². The molecule has 0 fully saturated rings. The summed E-state index contributed by atoms with van der Waals surface area (Å²) >= 11 is 0. The van der Waals surface area contributed by atoms with Crippen LogP contribution in [0, 0.1) is 0 Å². The van der Waals surface area contributed by atoms with E-state index in [2.05, 4.69) is 31.2 Å². The SMILES string of the molecule is CNC1COc2cc(C(C)(C)C)nn2C1. The minimum Gasteiger partial charge on any atom is -0.476 e. The van der Waals surface area contributed by atoms with Crippen LogP contribution in [0.15, 0.2) is 6.07 Å². The Hall–Kier alpha value is -1.03. The molecule has 1 unspecified atom stereocenters. The number of nitrogens with one attached hydrogen (secondary N) is 1. The van der Waals surface area contributed by atoms with Gasteiger partial charge in [0.2, 0.25) is 5.88 Å². The third-order valence-electron chi connectivity index (χ3n) is 2.75. The van der Waals surface area contributed by atoms with Gasteiger partial charge in [-0.2, -0.15) is 5.10 Å². The van der Waals surface area contributed by atoms with Crippen LogP contribution in [0.4, 0.5) is 0 Å². The van der Waals surface area contributed by atoms with Crippen molar-refractivity contribution >= 4 is 0 Å². The van der Waals surface area contributed by atoms with Crippen molar-refractivity contribution in [1.82, 2.24) is 15.1 Å². The molecule has 4 nitrogen and oxygen atoms in total. The smallest absolute Gasteiger partial charge is 0.212 e. The van der Waals surface area contributed by atoms with Crippen molar-refractivity contribution in [2.24, 2.45) is 0 Å². The third-order valence-corrected chi connectivity index (χ3v) is 2.75. The number of likely N-dealkylation sites (N-methyl/N-ethyl adjacent to an activating group) is 1. The van der Waals surface area contributed by atoms with Crippen molar-refractivity contribution in [3.63, 3.8) is 0 Å². The van der Waals surface area contributed by atoms with Gasteiger partial charge in [-0.1, -0.05) is 20.8 Å². The zero-order chi connectivity index (χ0) is 11.1. The van der Waals surface area contributed by atoms with Crippen molar-refractivity contribution in [2.75, 3.05) is 13.7 Å². The second-order valence-electron chi connectivity index (χ2n) is 5.10. The minimum absolute atomic E-state index is 0.0862. The van der Waals surface area contributed by atoms with Gasteiger partial charge in [0, 0.05) is 11.5 Å². The van der Waals surface area contributed by atoms with E-state index in [4.69, 9.17) is 4.74 Å². The summed E-state index contributed by atoms with van der Waals surface area (Å²) in [6.45, 7) is 8.11. The maximum Gasteiger partial charge on any atom is 0.212 e. The lowest BCUT2D eigenvalue weighted by Gasteiger charge is -2.23. The molecule has 0 radical (unpaired) electrons. The van der Waals surface area contributed by atoms with Gasteiger partial charge >= 0.3 is 0 Å². The standard InChI is InChI=1S/C11H19N3O/c1-11(2,3)9-5-10-14(13-9)6-8(12-4)7-15-10/h5,8,12H,6-7H2,1-4H3.